The van der Waals surface area contributed by atoms with E-state index in [4.69, 9.17) is 0 Å². The molecule has 1 rings (SSSR count). The van der Waals surface area contributed by atoms with E-state index in [1.54, 1.807) is 0 Å². The lowest BCUT2D eigenvalue weighted by atomic mass is 10.1. The second-order valence-electron chi connectivity index (χ2n) is 2.23. The second-order valence-corrected chi connectivity index (χ2v) is 2.23. The first-order chi connectivity index (χ1) is 3.79. The smallest absolute Gasteiger partial charge is 0.0332 e. The molecule has 0 radical (unpaired) electrons. The van der Waals surface area contributed by atoms with Gasteiger partial charge in [0.2, 0.25) is 0 Å². The maximum Gasteiger partial charge on any atom is 0.0332 e. The van der Waals surface area contributed by atoms with Crippen LogP contribution in [0.1, 0.15) is 26.7 Å². The molecule has 0 spiro atoms. The first kappa shape index (κ1) is 5.54. The molecule has 1 aliphatic heterocycles. The molecular weight excluding hydrogens is 98.1 g/mol. The fourth-order valence-electron chi connectivity index (χ4n) is 0.893. The molecule has 0 aromatic rings. The normalized spacial score (nSPS) is 19.8. The van der Waals surface area contributed by atoms with Crippen molar-refractivity contribution in [3.8, 4) is 0 Å². The maximum atomic E-state index is 4.26. The van der Waals surface area contributed by atoms with Gasteiger partial charge in [-0.3, -0.25) is 4.99 Å². The Balaban J connectivity index is 2.69. The van der Waals surface area contributed by atoms with Crippen molar-refractivity contribution in [1.29, 1.82) is 0 Å². The lowest BCUT2D eigenvalue weighted by molar-refractivity contribution is 1.01. The third-order valence-corrected chi connectivity index (χ3v) is 1.31. The first-order valence-corrected chi connectivity index (χ1v) is 3.00. The van der Waals surface area contributed by atoms with Crippen LogP contribution >= 0.6 is 0 Å². The van der Waals surface area contributed by atoms with E-state index in [2.05, 4.69) is 18.0 Å². The van der Waals surface area contributed by atoms with Crippen molar-refractivity contribution >= 4 is 5.71 Å². The molecular formula is C7H11N. The zero-order chi connectivity index (χ0) is 5.98. The highest BCUT2D eigenvalue weighted by Gasteiger charge is 1.96. The molecule has 0 unspecified atom stereocenters. The van der Waals surface area contributed by atoms with Gasteiger partial charge in [0.25, 0.3) is 0 Å². The minimum atomic E-state index is 1.15. The van der Waals surface area contributed by atoms with E-state index >= 15 is 0 Å². The zero-order valence-electron chi connectivity index (χ0n) is 5.44. The Morgan fingerprint density at radius 2 is 2.25 bits per heavy atom. The Hall–Kier alpha value is -0.590. The van der Waals surface area contributed by atoms with E-state index in [0.29, 0.717) is 0 Å². The van der Waals surface area contributed by atoms with E-state index < -0.39 is 0 Å². The van der Waals surface area contributed by atoms with Gasteiger partial charge in [0, 0.05) is 11.4 Å². The molecule has 0 N–H and O–H groups in total. The number of allylic oxidation sites excluding steroid dienone is 2. The van der Waals surface area contributed by atoms with Crippen molar-refractivity contribution in [3.63, 3.8) is 0 Å². The molecule has 0 fully saturated rings. The summed E-state index contributed by atoms with van der Waals surface area (Å²) in [5.74, 6) is 0. The molecule has 0 aliphatic carbocycles. The molecule has 8 heavy (non-hydrogen) atoms. The zero-order valence-corrected chi connectivity index (χ0v) is 5.44. The van der Waals surface area contributed by atoms with Gasteiger partial charge in [-0.1, -0.05) is 6.08 Å². The van der Waals surface area contributed by atoms with Gasteiger partial charge in [-0.2, -0.15) is 0 Å². The highest BCUT2D eigenvalue weighted by Crippen LogP contribution is 2.08. The van der Waals surface area contributed by atoms with Crippen LogP contribution in [-0.4, -0.2) is 5.71 Å². The van der Waals surface area contributed by atoms with Gasteiger partial charge < -0.3 is 0 Å². The standard InChI is InChI=1S/C7H11N/c1-6-4-3-5-7(2)8-6/h4H,3,5H2,1-2H3. The van der Waals surface area contributed by atoms with Crippen molar-refractivity contribution in [3.05, 3.63) is 11.8 Å². The molecule has 0 amide bonds. The van der Waals surface area contributed by atoms with E-state index in [-0.39, 0.29) is 0 Å². The van der Waals surface area contributed by atoms with Crippen LogP contribution in [0.4, 0.5) is 0 Å². The van der Waals surface area contributed by atoms with Crippen LogP contribution in [-0.2, 0) is 0 Å². The summed E-state index contributed by atoms with van der Waals surface area (Å²) in [7, 11) is 0. The minimum Gasteiger partial charge on any atom is -0.263 e. The van der Waals surface area contributed by atoms with Crippen molar-refractivity contribution in [2.24, 2.45) is 4.99 Å². The van der Waals surface area contributed by atoms with Crippen LogP contribution in [0.15, 0.2) is 16.8 Å². The van der Waals surface area contributed by atoms with Crippen molar-refractivity contribution in [1.82, 2.24) is 0 Å². The van der Waals surface area contributed by atoms with Gasteiger partial charge in [0.15, 0.2) is 0 Å². The van der Waals surface area contributed by atoms with Crippen LogP contribution < -0.4 is 0 Å². The third-order valence-electron chi connectivity index (χ3n) is 1.31. The summed E-state index contributed by atoms with van der Waals surface area (Å²) in [5, 5.41) is 0. The first-order valence-electron chi connectivity index (χ1n) is 3.00. The van der Waals surface area contributed by atoms with E-state index in [1.165, 1.54) is 17.8 Å². The predicted octanol–water partition coefficient (Wildman–Crippen LogP) is 2.14. The molecule has 1 nitrogen and oxygen atoms in total. The number of aliphatic imine (C=N–C) groups is 1. The monoisotopic (exact) mass is 109 g/mol. The van der Waals surface area contributed by atoms with Crippen molar-refractivity contribution < 1.29 is 0 Å². The number of rotatable bonds is 0. The summed E-state index contributed by atoms with van der Waals surface area (Å²) in [6.45, 7) is 4.12. The number of nitrogens with zero attached hydrogens (tertiary/aromatic N) is 1. The largest absolute Gasteiger partial charge is 0.263 e. The molecule has 0 saturated heterocycles. The number of hydrogen-bond donors (Lipinski definition) is 0. The second kappa shape index (κ2) is 2.12. The van der Waals surface area contributed by atoms with Gasteiger partial charge in [-0.05, 0) is 26.7 Å². The lowest BCUT2D eigenvalue weighted by Gasteiger charge is -2.03. The Morgan fingerprint density at radius 1 is 1.50 bits per heavy atom. The van der Waals surface area contributed by atoms with Gasteiger partial charge >= 0.3 is 0 Å². The van der Waals surface area contributed by atoms with Crippen LogP contribution in [0, 0.1) is 0 Å². The van der Waals surface area contributed by atoms with E-state index in [9.17, 15) is 0 Å². The lowest BCUT2D eigenvalue weighted by Crippen LogP contribution is -1.95. The summed E-state index contributed by atoms with van der Waals surface area (Å²) in [6, 6.07) is 0. The molecule has 0 aromatic carbocycles. The van der Waals surface area contributed by atoms with Gasteiger partial charge in [0.1, 0.15) is 0 Å². The SMILES string of the molecule is CC1=CCCC(C)=N1. The summed E-state index contributed by atoms with van der Waals surface area (Å²) in [5.41, 5.74) is 2.44. The molecule has 0 atom stereocenters. The molecule has 1 heteroatoms. The van der Waals surface area contributed by atoms with Crippen molar-refractivity contribution in [2.45, 2.75) is 26.7 Å². The maximum absolute atomic E-state index is 4.26. The summed E-state index contributed by atoms with van der Waals surface area (Å²) < 4.78 is 0. The third kappa shape index (κ3) is 1.19. The van der Waals surface area contributed by atoms with E-state index in [1.807, 2.05) is 6.92 Å². The Bertz CT molecular complexity index is 142. The van der Waals surface area contributed by atoms with Crippen LogP contribution in [0.3, 0.4) is 0 Å². The fourth-order valence-corrected chi connectivity index (χ4v) is 0.893. The quantitative estimate of drug-likeness (QED) is 0.452. The molecule has 1 aliphatic rings. The molecule has 1 heterocycles. The summed E-state index contributed by atoms with van der Waals surface area (Å²) in [4.78, 5) is 4.26. The fraction of sp³-hybridized carbons (Fsp3) is 0.571. The highest BCUT2D eigenvalue weighted by atomic mass is 14.7. The van der Waals surface area contributed by atoms with Gasteiger partial charge in [-0.15, -0.1) is 0 Å². The van der Waals surface area contributed by atoms with Crippen LogP contribution in [0.25, 0.3) is 0 Å². The Labute approximate surface area is 50.1 Å². The highest BCUT2D eigenvalue weighted by molar-refractivity contribution is 5.83. The average molecular weight is 109 g/mol. The Morgan fingerprint density at radius 3 is 2.62 bits per heavy atom. The van der Waals surface area contributed by atoms with Crippen molar-refractivity contribution in [2.75, 3.05) is 0 Å². The molecule has 0 bridgehead atoms. The number of hydrogen-bond acceptors (Lipinski definition) is 1. The van der Waals surface area contributed by atoms with Crippen LogP contribution in [0.5, 0.6) is 0 Å². The Kier molecular flexibility index (Phi) is 1.47. The van der Waals surface area contributed by atoms with Gasteiger partial charge in [-0.25, -0.2) is 0 Å². The topological polar surface area (TPSA) is 12.4 Å². The van der Waals surface area contributed by atoms with E-state index in [0.717, 1.165) is 6.42 Å². The molecule has 44 valence electrons. The average Bonchev–Trinajstić information content (AvgIpc) is 1.64. The molecule has 0 saturated carbocycles. The van der Waals surface area contributed by atoms with Crippen LogP contribution in [0.2, 0.25) is 0 Å². The summed E-state index contributed by atoms with van der Waals surface area (Å²) >= 11 is 0. The van der Waals surface area contributed by atoms with Gasteiger partial charge in [0.05, 0.1) is 0 Å². The predicted molar refractivity (Wildman–Crippen MR) is 36.1 cm³/mol. The molecule has 0 aromatic heterocycles. The summed E-state index contributed by atoms with van der Waals surface area (Å²) in [6.07, 6.45) is 4.51. The minimum absolute atomic E-state index is 1.15.